The molecule has 1 aromatic heterocycles. The van der Waals surface area contributed by atoms with Gasteiger partial charge >= 0.3 is 5.97 Å². The van der Waals surface area contributed by atoms with Gasteiger partial charge in [-0.15, -0.1) is 10.2 Å². The minimum Gasteiger partial charge on any atom is -0.496 e. The van der Waals surface area contributed by atoms with Crippen LogP contribution in [-0.4, -0.2) is 30.4 Å². The van der Waals surface area contributed by atoms with Crippen molar-refractivity contribution in [2.75, 3.05) is 19.5 Å². The number of methoxy groups -OCH3 is 2. The lowest BCUT2D eigenvalue weighted by atomic mass is 10.1. The molecule has 0 aliphatic carbocycles. The SMILES string of the molecule is COC(=O)c1cc(NCc2nnc(-c3ccccc3OC)o2)c(F)cc1F. The number of nitrogens with one attached hydrogen (secondary N) is 1. The molecule has 0 fully saturated rings. The first-order chi connectivity index (χ1) is 13.0. The van der Waals surface area contributed by atoms with E-state index in [1.807, 2.05) is 0 Å². The molecule has 7 nitrogen and oxygen atoms in total. The van der Waals surface area contributed by atoms with Gasteiger partial charge in [-0.25, -0.2) is 13.6 Å². The van der Waals surface area contributed by atoms with Gasteiger partial charge in [-0.1, -0.05) is 12.1 Å². The number of nitrogens with zero attached hydrogens (tertiary/aromatic N) is 2. The van der Waals surface area contributed by atoms with Crippen LogP contribution in [0, 0.1) is 11.6 Å². The first kappa shape index (κ1) is 18.3. The third kappa shape index (κ3) is 3.86. The lowest BCUT2D eigenvalue weighted by molar-refractivity contribution is 0.0595. The molecule has 0 saturated carbocycles. The molecule has 140 valence electrons. The molecular weight excluding hydrogens is 360 g/mol. The van der Waals surface area contributed by atoms with Gasteiger partial charge in [0, 0.05) is 6.07 Å². The van der Waals surface area contributed by atoms with Crippen molar-refractivity contribution in [1.29, 1.82) is 0 Å². The van der Waals surface area contributed by atoms with Crippen LogP contribution < -0.4 is 10.1 Å². The number of hydrogen-bond donors (Lipinski definition) is 1. The number of carbonyl (C=O) groups is 1. The third-order valence-electron chi connectivity index (χ3n) is 3.70. The monoisotopic (exact) mass is 375 g/mol. The smallest absolute Gasteiger partial charge is 0.340 e. The van der Waals surface area contributed by atoms with Gasteiger partial charge in [-0.2, -0.15) is 0 Å². The van der Waals surface area contributed by atoms with Crippen LogP contribution in [0.3, 0.4) is 0 Å². The second-order valence-corrected chi connectivity index (χ2v) is 5.36. The number of rotatable bonds is 6. The number of aromatic nitrogens is 2. The molecule has 9 heteroatoms. The zero-order valence-corrected chi connectivity index (χ0v) is 14.5. The Hall–Kier alpha value is -3.49. The number of carbonyl (C=O) groups excluding carboxylic acids is 1. The maximum absolute atomic E-state index is 13.9. The molecule has 0 aliphatic heterocycles. The fraction of sp³-hybridized carbons (Fsp3) is 0.167. The highest BCUT2D eigenvalue weighted by Gasteiger charge is 2.17. The Morgan fingerprint density at radius 3 is 2.67 bits per heavy atom. The van der Waals surface area contributed by atoms with E-state index in [-0.39, 0.29) is 29.6 Å². The van der Waals surface area contributed by atoms with Gasteiger partial charge in [0.15, 0.2) is 0 Å². The van der Waals surface area contributed by atoms with Crippen LogP contribution in [0.15, 0.2) is 40.8 Å². The number of anilines is 1. The fourth-order valence-corrected chi connectivity index (χ4v) is 2.38. The lowest BCUT2D eigenvalue weighted by Gasteiger charge is -2.08. The largest absolute Gasteiger partial charge is 0.496 e. The summed E-state index contributed by atoms with van der Waals surface area (Å²) in [6.07, 6.45) is 0. The Kier molecular flexibility index (Phi) is 5.30. The molecule has 0 amide bonds. The van der Waals surface area contributed by atoms with E-state index in [1.165, 1.54) is 7.11 Å². The van der Waals surface area contributed by atoms with E-state index in [0.29, 0.717) is 17.4 Å². The highest BCUT2D eigenvalue weighted by molar-refractivity contribution is 5.90. The van der Waals surface area contributed by atoms with Crippen LogP contribution in [0.25, 0.3) is 11.5 Å². The van der Waals surface area contributed by atoms with Crippen molar-refractivity contribution in [2.24, 2.45) is 0 Å². The van der Waals surface area contributed by atoms with Crippen LogP contribution in [0.2, 0.25) is 0 Å². The Labute approximate surface area is 152 Å². The lowest BCUT2D eigenvalue weighted by Crippen LogP contribution is -2.08. The summed E-state index contributed by atoms with van der Waals surface area (Å²) in [5.74, 6) is -1.83. The second kappa shape index (κ2) is 7.81. The predicted octanol–water partition coefficient (Wildman–Crippen LogP) is 3.42. The van der Waals surface area contributed by atoms with Gasteiger partial charge in [0.05, 0.1) is 37.6 Å². The highest BCUT2D eigenvalue weighted by atomic mass is 19.1. The maximum atomic E-state index is 13.9. The van der Waals surface area contributed by atoms with Crippen LogP contribution in [-0.2, 0) is 11.3 Å². The second-order valence-electron chi connectivity index (χ2n) is 5.36. The Morgan fingerprint density at radius 1 is 1.15 bits per heavy atom. The van der Waals surface area contributed by atoms with Crippen LogP contribution in [0.1, 0.15) is 16.2 Å². The Morgan fingerprint density at radius 2 is 1.93 bits per heavy atom. The van der Waals surface area contributed by atoms with Gasteiger partial charge in [0.1, 0.15) is 17.4 Å². The van der Waals surface area contributed by atoms with E-state index in [2.05, 4.69) is 20.3 Å². The first-order valence-corrected chi connectivity index (χ1v) is 7.80. The van der Waals surface area contributed by atoms with Crippen molar-refractivity contribution in [3.8, 4) is 17.2 Å². The van der Waals surface area contributed by atoms with E-state index in [4.69, 9.17) is 9.15 Å². The van der Waals surface area contributed by atoms with E-state index < -0.39 is 17.6 Å². The van der Waals surface area contributed by atoms with Gasteiger partial charge < -0.3 is 19.2 Å². The molecule has 0 radical (unpaired) electrons. The number of ether oxygens (including phenoxy) is 2. The van der Waals surface area contributed by atoms with E-state index >= 15 is 0 Å². The van der Waals surface area contributed by atoms with E-state index in [0.717, 1.165) is 13.2 Å². The Balaban J connectivity index is 1.78. The molecule has 0 saturated heterocycles. The van der Waals surface area contributed by atoms with Crippen LogP contribution in [0.4, 0.5) is 14.5 Å². The van der Waals surface area contributed by atoms with E-state index in [1.54, 1.807) is 24.3 Å². The average molecular weight is 375 g/mol. The molecule has 0 unspecified atom stereocenters. The predicted molar refractivity (Wildman–Crippen MR) is 91.3 cm³/mol. The van der Waals surface area contributed by atoms with Crippen LogP contribution >= 0.6 is 0 Å². The molecule has 0 spiro atoms. The molecule has 1 heterocycles. The third-order valence-corrected chi connectivity index (χ3v) is 3.70. The van der Waals surface area contributed by atoms with Crippen molar-refractivity contribution in [3.63, 3.8) is 0 Å². The van der Waals surface area contributed by atoms with Gasteiger partial charge in [0.2, 0.25) is 5.89 Å². The number of para-hydroxylation sites is 1. The van der Waals surface area contributed by atoms with E-state index in [9.17, 15) is 13.6 Å². The van der Waals surface area contributed by atoms with Crippen molar-refractivity contribution in [1.82, 2.24) is 10.2 Å². The molecule has 3 aromatic rings. The zero-order chi connectivity index (χ0) is 19.4. The molecular formula is C18H15F2N3O4. The van der Waals surface area contributed by atoms with Gasteiger partial charge in [0.25, 0.3) is 5.89 Å². The van der Waals surface area contributed by atoms with Crippen molar-refractivity contribution in [2.45, 2.75) is 6.54 Å². The number of halogens is 2. The summed E-state index contributed by atoms with van der Waals surface area (Å²) < 4.78 is 42.9. The molecule has 2 aromatic carbocycles. The topological polar surface area (TPSA) is 86.5 Å². The summed E-state index contributed by atoms with van der Waals surface area (Å²) in [4.78, 5) is 11.5. The molecule has 3 rings (SSSR count). The summed E-state index contributed by atoms with van der Waals surface area (Å²) in [5.41, 5.74) is 0.121. The summed E-state index contributed by atoms with van der Waals surface area (Å²) >= 11 is 0. The fourth-order valence-electron chi connectivity index (χ4n) is 2.38. The molecule has 27 heavy (non-hydrogen) atoms. The van der Waals surface area contributed by atoms with Crippen molar-refractivity contribution < 1.29 is 27.5 Å². The van der Waals surface area contributed by atoms with Crippen molar-refractivity contribution in [3.05, 3.63) is 59.5 Å². The minimum atomic E-state index is -1.01. The molecule has 0 bridgehead atoms. The standard InChI is InChI=1S/C18H15F2N3O4/c1-25-15-6-4-3-5-10(15)17-23-22-16(27-17)9-21-14-7-11(18(24)26-2)12(19)8-13(14)20/h3-8,21H,9H2,1-2H3. The summed E-state index contributed by atoms with van der Waals surface area (Å²) in [6, 6.07) is 8.72. The Bertz CT molecular complexity index is 975. The average Bonchev–Trinajstić information content (AvgIpc) is 3.15. The van der Waals surface area contributed by atoms with Crippen LogP contribution in [0.5, 0.6) is 5.75 Å². The number of benzene rings is 2. The molecule has 0 atom stereocenters. The zero-order valence-electron chi connectivity index (χ0n) is 14.5. The van der Waals surface area contributed by atoms with Crippen molar-refractivity contribution >= 4 is 11.7 Å². The first-order valence-electron chi connectivity index (χ1n) is 7.80. The number of esters is 1. The highest BCUT2D eigenvalue weighted by Crippen LogP contribution is 2.28. The maximum Gasteiger partial charge on any atom is 0.340 e. The molecule has 0 aliphatic rings. The summed E-state index contributed by atoms with van der Waals surface area (Å²) in [7, 11) is 2.63. The minimum absolute atomic E-state index is 0.0364. The van der Waals surface area contributed by atoms with Gasteiger partial charge in [-0.05, 0) is 18.2 Å². The van der Waals surface area contributed by atoms with Gasteiger partial charge in [-0.3, -0.25) is 0 Å². The summed E-state index contributed by atoms with van der Waals surface area (Å²) in [6.45, 7) is -0.0364. The quantitative estimate of drug-likeness (QED) is 0.661. The normalized spacial score (nSPS) is 10.5. The number of hydrogen-bond acceptors (Lipinski definition) is 7. The summed E-state index contributed by atoms with van der Waals surface area (Å²) in [5, 5.41) is 10.5. The molecule has 1 N–H and O–H groups in total.